The average molecular weight is 459 g/mol. The Labute approximate surface area is 190 Å². The summed E-state index contributed by atoms with van der Waals surface area (Å²) in [6, 6.07) is 18.9. The zero-order chi connectivity index (χ0) is 24.0. The van der Waals surface area contributed by atoms with Crippen LogP contribution in [0.4, 0.5) is 13.2 Å². The Bertz CT molecular complexity index is 1080. The average Bonchev–Trinajstić information content (AvgIpc) is 2.75. The predicted octanol–water partition coefficient (Wildman–Crippen LogP) is 5.75. The second-order valence-electron chi connectivity index (χ2n) is 7.63. The van der Waals surface area contributed by atoms with Crippen LogP contribution in [0.15, 0.2) is 66.7 Å². The van der Waals surface area contributed by atoms with Crippen LogP contribution in [0.25, 0.3) is 0 Å². The number of ether oxygens (including phenoxy) is 3. The second-order valence-corrected chi connectivity index (χ2v) is 7.63. The van der Waals surface area contributed by atoms with Crippen molar-refractivity contribution in [2.45, 2.75) is 26.4 Å². The third kappa shape index (κ3) is 6.73. The molecule has 3 rings (SSSR count). The van der Waals surface area contributed by atoms with E-state index in [0.29, 0.717) is 0 Å². The van der Waals surface area contributed by atoms with Crippen LogP contribution < -0.4 is 14.2 Å². The van der Waals surface area contributed by atoms with Crippen LogP contribution in [0.2, 0.25) is 0 Å². The fourth-order valence-electron chi connectivity index (χ4n) is 3.30. The predicted molar refractivity (Wildman–Crippen MR) is 117 cm³/mol. The zero-order valence-electron chi connectivity index (χ0n) is 18.5. The standard InChI is InChI=1S/C25H24F3NO4/c1-17-22(24(30)32-20-12-8-5-9-13-20)21(31-16-18-10-6-4-7-11-18)14-19(15-29(2)3)23(17)33-25(26,27)28/h4-14H,15-16H2,1-3H3. The highest BCUT2D eigenvalue weighted by atomic mass is 19.4. The Hall–Kier alpha value is -3.52. The van der Waals surface area contributed by atoms with Gasteiger partial charge in [0.1, 0.15) is 29.4 Å². The number of carbonyl (C=O) groups excluding carboxylic acids is 1. The third-order valence-electron chi connectivity index (χ3n) is 4.66. The smallest absolute Gasteiger partial charge is 0.488 e. The minimum atomic E-state index is -4.93. The number of para-hydroxylation sites is 1. The first kappa shape index (κ1) is 24.1. The molecule has 0 spiro atoms. The number of esters is 1. The molecule has 3 aromatic carbocycles. The highest BCUT2D eigenvalue weighted by Crippen LogP contribution is 2.38. The van der Waals surface area contributed by atoms with Gasteiger partial charge >= 0.3 is 12.3 Å². The van der Waals surface area contributed by atoms with Gasteiger partial charge in [-0.15, -0.1) is 13.2 Å². The molecule has 0 saturated heterocycles. The number of carbonyl (C=O) groups is 1. The number of hydrogen-bond donors (Lipinski definition) is 0. The van der Waals surface area contributed by atoms with Crippen molar-refractivity contribution in [3.05, 3.63) is 89.0 Å². The van der Waals surface area contributed by atoms with E-state index in [2.05, 4.69) is 4.74 Å². The van der Waals surface area contributed by atoms with Gasteiger partial charge in [0.25, 0.3) is 0 Å². The monoisotopic (exact) mass is 459 g/mol. The van der Waals surface area contributed by atoms with Gasteiger partial charge < -0.3 is 19.1 Å². The Morgan fingerprint density at radius 1 is 0.970 bits per heavy atom. The van der Waals surface area contributed by atoms with Crippen molar-refractivity contribution in [2.24, 2.45) is 0 Å². The van der Waals surface area contributed by atoms with Gasteiger partial charge in [0, 0.05) is 17.7 Å². The number of alkyl halides is 3. The normalized spacial score (nSPS) is 11.4. The summed E-state index contributed by atoms with van der Waals surface area (Å²) < 4.78 is 55.3. The first-order valence-electron chi connectivity index (χ1n) is 10.1. The molecule has 174 valence electrons. The van der Waals surface area contributed by atoms with Crippen LogP contribution in [0.3, 0.4) is 0 Å². The molecule has 3 aromatic rings. The lowest BCUT2D eigenvalue weighted by Gasteiger charge is -2.22. The first-order valence-corrected chi connectivity index (χ1v) is 10.1. The number of hydrogen-bond acceptors (Lipinski definition) is 5. The minimum absolute atomic E-state index is 0.0179. The molecule has 0 radical (unpaired) electrons. The summed E-state index contributed by atoms with van der Waals surface area (Å²) in [6.07, 6.45) is -4.93. The van der Waals surface area contributed by atoms with Gasteiger partial charge in [-0.3, -0.25) is 0 Å². The summed E-state index contributed by atoms with van der Waals surface area (Å²) in [5.41, 5.74) is 0.920. The van der Waals surface area contributed by atoms with Gasteiger partial charge in [0.2, 0.25) is 0 Å². The molecule has 0 fully saturated rings. The molecular formula is C25H24F3NO4. The molecule has 5 nitrogen and oxygen atoms in total. The highest BCUT2D eigenvalue weighted by Gasteiger charge is 2.35. The van der Waals surface area contributed by atoms with E-state index in [4.69, 9.17) is 9.47 Å². The Morgan fingerprint density at radius 3 is 2.15 bits per heavy atom. The summed E-state index contributed by atoms with van der Waals surface area (Å²) in [5, 5.41) is 0. The van der Waals surface area contributed by atoms with Crippen LogP contribution in [0.5, 0.6) is 17.2 Å². The van der Waals surface area contributed by atoms with E-state index < -0.39 is 18.1 Å². The Morgan fingerprint density at radius 2 is 1.58 bits per heavy atom. The van der Waals surface area contributed by atoms with Crippen LogP contribution in [0, 0.1) is 6.92 Å². The Kier molecular flexibility index (Phi) is 7.60. The number of rotatable bonds is 8. The molecule has 0 atom stereocenters. The number of benzene rings is 3. The lowest BCUT2D eigenvalue weighted by molar-refractivity contribution is -0.275. The van der Waals surface area contributed by atoms with Crippen molar-refractivity contribution in [3.8, 4) is 17.2 Å². The van der Waals surface area contributed by atoms with E-state index in [1.54, 1.807) is 49.3 Å². The first-order chi connectivity index (χ1) is 15.6. The lowest BCUT2D eigenvalue weighted by Crippen LogP contribution is -2.22. The number of nitrogens with zero attached hydrogens (tertiary/aromatic N) is 1. The van der Waals surface area contributed by atoms with Crippen LogP contribution in [-0.4, -0.2) is 31.3 Å². The highest BCUT2D eigenvalue weighted by molar-refractivity contribution is 5.96. The van der Waals surface area contributed by atoms with Gasteiger partial charge in [0.05, 0.1) is 0 Å². The summed E-state index contributed by atoms with van der Waals surface area (Å²) in [7, 11) is 3.43. The van der Waals surface area contributed by atoms with Gasteiger partial charge in [-0.2, -0.15) is 0 Å². The molecule has 0 N–H and O–H groups in total. The molecule has 0 aromatic heterocycles. The fourth-order valence-corrected chi connectivity index (χ4v) is 3.30. The van der Waals surface area contributed by atoms with E-state index in [9.17, 15) is 18.0 Å². The maximum Gasteiger partial charge on any atom is 0.573 e. The van der Waals surface area contributed by atoms with Crippen molar-refractivity contribution >= 4 is 5.97 Å². The molecule has 0 saturated carbocycles. The van der Waals surface area contributed by atoms with E-state index in [-0.39, 0.29) is 41.3 Å². The molecule has 0 unspecified atom stereocenters. The van der Waals surface area contributed by atoms with Gasteiger partial charge in [0.15, 0.2) is 0 Å². The minimum Gasteiger partial charge on any atom is -0.488 e. The fraction of sp³-hybridized carbons (Fsp3) is 0.240. The van der Waals surface area contributed by atoms with Crippen molar-refractivity contribution in [1.82, 2.24) is 4.90 Å². The van der Waals surface area contributed by atoms with E-state index >= 15 is 0 Å². The molecule has 0 aliphatic rings. The molecule has 33 heavy (non-hydrogen) atoms. The van der Waals surface area contributed by atoms with Gasteiger partial charge in [-0.1, -0.05) is 48.5 Å². The quantitative estimate of drug-likeness (QED) is 0.317. The SMILES string of the molecule is Cc1c(OC(F)(F)F)c(CN(C)C)cc(OCc2ccccc2)c1C(=O)Oc1ccccc1. The summed E-state index contributed by atoms with van der Waals surface area (Å²) >= 11 is 0. The van der Waals surface area contributed by atoms with E-state index in [1.807, 2.05) is 30.3 Å². The summed E-state index contributed by atoms with van der Waals surface area (Å²) in [4.78, 5) is 14.8. The van der Waals surface area contributed by atoms with E-state index in [0.717, 1.165) is 5.56 Å². The van der Waals surface area contributed by atoms with Gasteiger partial charge in [-0.25, -0.2) is 4.79 Å². The largest absolute Gasteiger partial charge is 0.573 e. The Balaban J connectivity index is 2.08. The van der Waals surface area contributed by atoms with Crippen LogP contribution >= 0.6 is 0 Å². The maximum atomic E-state index is 13.2. The van der Waals surface area contributed by atoms with Crippen molar-refractivity contribution in [2.75, 3.05) is 14.1 Å². The van der Waals surface area contributed by atoms with Crippen LogP contribution in [0.1, 0.15) is 27.0 Å². The van der Waals surface area contributed by atoms with Crippen LogP contribution in [-0.2, 0) is 13.2 Å². The topological polar surface area (TPSA) is 48.0 Å². The molecule has 0 aliphatic heterocycles. The van der Waals surface area contributed by atoms with E-state index in [1.165, 1.54) is 13.0 Å². The van der Waals surface area contributed by atoms with Crippen molar-refractivity contribution in [3.63, 3.8) is 0 Å². The second kappa shape index (κ2) is 10.4. The molecular weight excluding hydrogens is 435 g/mol. The van der Waals surface area contributed by atoms with Crippen molar-refractivity contribution in [1.29, 1.82) is 0 Å². The molecule has 0 aliphatic carbocycles. The zero-order valence-corrected chi connectivity index (χ0v) is 18.5. The molecule has 0 heterocycles. The molecule has 0 amide bonds. The summed E-state index contributed by atoms with van der Waals surface area (Å²) in [5.74, 6) is -0.913. The maximum absolute atomic E-state index is 13.2. The van der Waals surface area contributed by atoms with Gasteiger partial charge in [-0.05, 0) is 44.8 Å². The summed E-state index contributed by atoms with van der Waals surface area (Å²) in [6.45, 7) is 1.64. The van der Waals surface area contributed by atoms with Crippen molar-refractivity contribution < 1.29 is 32.2 Å². The molecule has 0 bridgehead atoms. The number of halogens is 3. The molecule has 8 heteroatoms. The third-order valence-corrected chi connectivity index (χ3v) is 4.66. The lowest BCUT2D eigenvalue weighted by atomic mass is 10.0.